The molecule has 128 valence electrons. The predicted octanol–water partition coefficient (Wildman–Crippen LogP) is 4.66. The van der Waals surface area contributed by atoms with Gasteiger partial charge < -0.3 is 9.47 Å². The van der Waals surface area contributed by atoms with Crippen LogP contribution in [-0.2, 0) is 14.9 Å². The van der Waals surface area contributed by atoms with Crippen molar-refractivity contribution in [1.29, 1.82) is 0 Å². The zero-order valence-electron chi connectivity index (χ0n) is 15.3. The zero-order chi connectivity index (χ0) is 16.4. The Labute approximate surface area is 163 Å². The Bertz CT molecular complexity index is 430. The van der Waals surface area contributed by atoms with E-state index in [1.54, 1.807) is 0 Å². The fourth-order valence-corrected chi connectivity index (χ4v) is 2.77. The molecule has 0 saturated carbocycles. The Hall–Kier alpha value is -0.614. The summed E-state index contributed by atoms with van der Waals surface area (Å²) in [4.78, 5) is 0. The fraction of sp³-hybridized carbons (Fsp3) is 0.524. The second-order valence-electron chi connectivity index (χ2n) is 6.61. The normalized spacial score (nSPS) is 16.4. The van der Waals surface area contributed by atoms with Crippen molar-refractivity contribution in [2.75, 3.05) is 26.4 Å². The summed E-state index contributed by atoms with van der Waals surface area (Å²) < 4.78 is 9.89. The summed E-state index contributed by atoms with van der Waals surface area (Å²) in [7, 11) is 0. The van der Waals surface area contributed by atoms with Crippen molar-refractivity contribution in [1.82, 2.24) is 0 Å². The minimum absolute atomic E-state index is 0. The van der Waals surface area contributed by atoms with Gasteiger partial charge in [-0.3, -0.25) is 0 Å². The Morgan fingerprint density at radius 2 is 1.12 bits per heavy atom. The molecule has 2 saturated heterocycles. The summed E-state index contributed by atoms with van der Waals surface area (Å²) in [6.07, 6.45) is 5.11. The number of rotatable bonds is 2. The molecule has 2 aliphatic rings. The topological polar surface area (TPSA) is 18.5 Å². The molecule has 0 bridgehead atoms. The molecule has 3 heteroatoms. The SMILES string of the molecule is C1CCOC1.C1CCOC1.CC(C)(c1ccc[cH-]1)c1ccc[cH-]1.[Mg+2]. The van der Waals surface area contributed by atoms with Crippen molar-refractivity contribution in [2.24, 2.45) is 0 Å². The van der Waals surface area contributed by atoms with Crippen LogP contribution in [0.2, 0.25) is 0 Å². The van der Waals surface area contributed by atoms with Crippen LogP contribution in [0.4, 0.5) is 0 Å². The summed E-state index contributed by atoms with van der Waals surface area (Å²) in [5.41, 5.74) is 2.92. The van der Waals surface area contributed by atoms with Gasteiger partial charge in [0.1, 0.15) is 0 Å². The molecule has 0 atom stereocenters. The standard InChI is InChI=1S/C13H14.2C4H8O.Mg/c1-13(2,11-7-3-4-8-11)12-9-5-6-10-12;2*1-2-4-5-3-1;/h3-10H,1-2H3;2*1-4H2;/q-2;;;+2. The third kappa shape index (κ3) is 7.10. The third-order valence-corrected chi connectivity index (χ3v) is 4.42. The van der Waals surface area contributed by atoms with Gasteiger partial charge in [-0.05, 0) is 31.1 Å². The summed E-state index contributed by atoms with van der Waals surface area (Å²) in [6, 6.07) is 17.1. The molecule has 24 heavy (non-hydrogen) atoms. The van der Waals surface area contributed by atoms with E-state index in [1.807, 2.05) is 0 Å². The zero-order valence-corrected chi connectivity index (χ0v) is 16.7. The molecule has 2 fully saturated rings. The summed E-state index contributed by atoms with van der Waals surface area (Å²) in [5, 5.41) is 0. The molecule has 2 heterocycles. The van der Waals surface area contributed by atoms with Crippen LogP contribution in [0.25, 0.3) is 0 Å². The van der Waals surface area contributed by atoms with Crippen LogP contribution in [-0.4, -0.2) is 49.5 Å². The Kier molecular flexibility index (Phi) is 10.6. The van der Waals surface area contributed by atoms with Crippen molar-refractivity contribution in [2.45, 2.75) is 44.9 Å². The van der Waals surface area contributed by atoms with Crippen molar-refractivity contribution in [3.05, 3.63) is 59.7 Å². The molecule has 4 rings (SSSR count). The molecule has 2 aliphatic heterocycles. The maximum Gasteiger partial charge on any atom is 2.00 e. The number of ether oxygens (including phenoxy) is 2. The van der Waals surface area contributed by atoms with E-state index < -0.39 is 0 Å². The first-order chi connectivity index (χ1) is 11.2. The quantitative estimate of drug-likeness (QED) is 0.585. The largest absolute Gasteiger partial charge is 2.00 e. The predicted molar refractivity (Wildman–Crippen MR) is 102 cm³/mol. The van der Waals surface area contributed by atoms with Crippen LogP contribution < -0.4 is 0 Å². The summed E-state index contributed by atoms with van der Waals surface area (Å²) in [6.45, 7) is 8.52. The molecule has 0 amide bonds. The number of hydrogen-bond acceptors (Lipinski definition) is 2. The molecule has 2 aromatic carbocycles. The second-order valence-corrected chi connectivity index (χ2v) is 6.61. The van der Waals surface area contributed by atoms with Crippen LogP contribution in [0.3, 0.4) is 0 Å². The van der Waals surface area contributed by atoms with Gasteiger partial charge in [-0.1, -0.05) is 13.8 Å². The van der Waals surface area contributed by atoms with Crippen molar-refractivity contribution < 1.29 is 9.47 Å². The van der Waals surface area contributed by atoms with E-state index in [2.05, 4.69) is 62.4 Å². The first kappa shape index (κ1) is 21.4. The van der Waals surface area contributed by atoms with E-state index in [9.17, 15) is 0 Å². The van der Waals surface area contributed by atoms with Crippen LogP contribution in [0.15, 0.2) is 48.5 Å². The van der Waals surface area contributed by atoms with Gasteiger partial charge in [-0.25, -0.2) is 24.3 Å². The van der Waals surface area contributed by atoms with Gasteiger partial charge in [-0.15, -0.1) is 0 Å². The van der Waals surface area contributed by atoms with Gasteiger partial charge in [0.2, 0.25) is 0 Å². The Balaban J connectivity index is 0.000000216. The van der Waals surface area contributed by atoms with E-state index in [-0.39, 0.29) is 28.5 Å². The maximum absolute atomic E-state index is 4.94. The smallest absolute Gasteiger partial charge is 0.381 e. The molecule has 0 spiro atoms. The maximum atomic E-state index is 4.94. The molecular formula is C21H30MgO2. The van der Waals surface area contributed by atoms with E-state index in [0.717, 1.165) is 26.4 Å². The van der Waals surface area contributed by atoms with Crippen LogP contribution in [0.5, 0.6) is 0 Å². The van der Waals surface area contributed by atoms with E-state index in [0.29, 0.717) is 0 Å². The van der Waals surface area contributed by atoms with E-state index in [4.69, 9.17) is 9.47 Å². The third-order valence-electron chi connectivity index (χ3n) is 4.42. The summed E-state index contributed by atoms with van der Waals surface area (Å²) >= 11 is 0. The monoisotopic (exact) mass is 338 g/mol. The van der Waals surface area contributed by atoms with Crippen LogP contribution in [0, 0.1) is 0 Å². The molecule has 0 radical (unpaired) electrons. The first-order valence-corrected chi connectivity index (χ1v) is 8.81. The van der Waals surface area contributed by atoms with Gasteiger partial charge in [-0.2, -0.15) is 35.4 Å². The van der Waals surface area contributed by atoms with Crippen molar-refractivity contribution >= 4 is 23.1 Å². The molecule has 2 nitrogen and oxygen atoms in total. The molecule has 0 aromatic heterocycles. The molecule has 0 aliphatic carbocycles. The first-order valence-electron chi connectivity index (χ1n) is 8.81. The number of hydrogen-bond donors (Lipinski definition) is 0. The average Bonchev–Trinajstić information content (AvgIpc) is 3.44. The Morgan fingerprint density at radius 3 is 1.33 bits per heavy atom. The molecule has 2 aromatic rings. The van der Waals surface area contributed by atoms with Crippen LogP contribution >= 0.6 is 0 Å². The van der Waals surface area contributed by atoms with Gasteiger partial charge in [0.25, 0.3) is 0 Å². The van der Waals surface area contributed by atoms with Gasteiger partial charge in [0, 0.05) is 26.4 Å². The van der Waals surface area contributed by atoms with Gasteiger partial charge in [0.05, 0.1) is 0 Å². The van der Waals surface area contributed by atoms with E-state index >= 15 is 0 Å². The van der Waals surface area contributed by atoms with E-state index in [1.165, 1.54) is 36.8 Å². The minimum atomic E-state index is 0. The molecule has 0 unspecified atom stereocenters. The summed E-state index contributed by atoms with van der Waals surface area (Å²) in [5.74, 6) is 0. The van der Waals surface area contributed by atoms with Gasteiger partial charge in [0.15, 0.2) is 0 Å². The van der Waals surface area contributed by atoms with Gasteiger partial charge >= 0.3 is 23.1 Å². The minimum Gasteiger partial charge on any atom is -0.381 e. The fourth-order valence-electron chi connectivity index (χ4n) is 2.77. The van der Waals surface area contributed by atoms with Crippen LogP contribution in [0.1, 0.15) is 50.7 Å². The van der Waals surface area contributed by atoms with Crippen molar-refractivity contribution in [3.8, 4) is 0 Å². The molecule has 0 N–H and O–H groups in total. The Morgan fingerprint density at radius 1 is 0.750 bits per heavy atom. The average molecular weight is 339 g/mol. The van der Waals surface area contributed by atoms with Crippen molar-refractivity contribution in [3.63, 3.8) is 0 Å². The molecular weight excluding hydrogens is 309 g/mol. The second kappa shape index (κ2) is 11.9.